The molecule has 1 N–H and O–H groups in total. The summed E-state index contributed by atoms with van der Waals surface area (Å²) in [7, 11) is 0. The van der Waals surface area contributed by atoms with E-state index >= 15 is 0 Å². The Morgan fingerprint density at radius 2 is 2.00 bits per heavy atom. The molecule has 3 rings (SSSR count). The van der Waals surface area contributed by atoms with Crippen LogP contribution in [0.1, 0.15) is 36.8 Å². The highest BCUT2D eigenvalue weighted by Crippen LogP contribution is 2.43. The first-order valence-corrected chi connectivity index (χ1v) is 6.68. The molecule has 0 amide bonds. The van der Waals surface area contributed by atoms with E-state index in [4.69, 9.17) is 11.6 Å². The molecule has 1 heterocycles. The molecule has 86 valence electrons. The molecule has 0 radical (unpaired) electrons. The average Bonchev–Trinajstić information content (AvgIpc) is 2.66. The fourth-order valence-corrected chi connectivity index (χ4v) is 3.63. The Balaban J connectivity index is 2.10. The molecule has 1 aliphatic carbocycles. The minimum Gasteiger partial charge on any atom is -0.316 e. The zero-order valence-corrected chi connectivity index (χ0v) is 10.3. The zero-order chi connectivity index (χ0) is 11.0. The van der Waals surface area contributed by atoms with Gasteiger partial charge in [-0.15, -0.1) is 0 Å². The molecule has 2 aliphatic rings. The van der Waals surface area contributed by atoms with Crippen molar-refractivity contribution in [1.82, 2.24) is 5.32 Å². The fourth-order valence-electron chi connectivity index (χ4n) is 3.43. The van der Waals surface area contributed by atoms with Gasteiger partial charge in [0.2, 0.25) is 0 Å². The van der Waals surface area contributed by atoms with Gasteiger partial charge in [-0.2, -0.15) is 0 Å². The van der Waals surface area contributed by atoms with Crippen molar-refractivity contribution in [1.29, 1.82) is 0 Å². The Bertz CT molecular complexity index is 394. The standard InChI is InChI=1S/C14H18ClN/c15-12-3-4-13-11(9-12)5-8-16-10-14(13)6-1-2-7-14/h3-4,9,16H,1-2,5-8,10H2. The Morgan fingerprint density at radius 3 is 2.81 bits per heavy atom. The second kappa shape index (κ2) is 4.05. The number of hydrogen-bond donors (Lipinski definition) is 1. The van der Waals surface area contributed by atoms with Gasteiger partial charge in [-0.1, -0.05) is 30.5 Å². The molecule has 0 atom stereocenters. The van der Waals surface area contributed by atoms with E-state index in [1.165, 1.54) is 31.2 Å². The summed E-state index contributed by atoms with van der Waals surface area (Å²) in [5.41, 5.74) is 3.45. The lowest BCUT2D eigenvalue weighted by atomic mass is 9.77. The van der Waals surface area contributed by atoms with Gasteiger partial charge in [0.15, 0.2) is 0 Å². The van der Waals surface area contributed by atoms with Gasteiger partial charge in [-0.05, 0) is 49.1 Å². The predicted octanol–water partition coefficient (Wildman–Crippen LogP) is 3.30. The highest BCUT2D eigenvalue weighted by molar-refractivity contribution is 6.30. The third-order valence-electron chi connectivity index (χ3n) is 4.23. The Kier molecular flexibility index (Phi) is 2.68. The fraction of sp³-hybridized carbons (Fsp3) is 0.571. The third-order valence-corrected chi connectivity index (χ3v) is 4.47. The molecule has 0 unspecified atom stereocenters. The first-order chi connectivity index (χ1) is 7.80. The first kappa shape index (κ1) is 10.6. The van der Waals surface area contributed by atoms with Crippen molar-refractivity contribution in [2.24, 2.45) is 0 Å². The Morgan fingerprint density at radius 1 is 1.19 bits per heavy atom. The van der Waals surface area contributed by atoms with Crippen molar-refractivity contribution in [3.63, 3.8) is 0 Å². The van der Waals surface area contributed by atoms with E-state index in [2.05, 4.69) is 23.5 Å². The SMILES string of the molecule is Clc1ccc2c(c1)CCNCC21CCCC1. The maximum atomic E-state index is 6.10. The topological polar surface area (TPSA) is 12.0 Å². The number of hydrogen-bond acceptors (Lipinski definition) is 1. The molecule has 1 saturated carbocycles. The number of rotatable bonds is 0. The van der Waals surface area contributed by atoms with Gasteiger partial charge in [0.1, 0.15) is 0 Å². The lowest BCUT2D eigenvalue weighted by Crippen LogP contribution is -2.34. The minimum absolute atomic E-state index is 0.413. The smallest absolute Gasteiger partial charge is 0.0408 e. The van der Waals surface area contributed by atoms with Crippen LogP contribution in [-0.4, -0.2) is 13.1 Å². The largest absolute Gasteiger partial charge is 0.316 e. The summed E-state index contributed by atoms with van der Waals surface area (Å²) in [4.78, 5) is 0. The van der Waals surface area contributed by atoms with Gasteiger partial charge in [-0.3, -0.25) is 0 Å². The highest BCUT2D eigenvalue weighted by Gasteiger charge is 2.37. The first-order valence-electron chi connectivity index (χ1n) is 6.30. The van der Waals surface area contributed by atoms with Crippen molar-refractivity contribution in [3.05, 3.63) is 34.3 Å². The Labute approximate surface area is 102 Å². The summed E-state index contributed by atoms with van der Waals surface area (Å²) < 4.78 is 0. The van der Waals surface area contributed by atoms with E-state index < -0.39 is 0 Å². The van der Waals surface area contributed by atoms with Crippen molar-refractivity contribution >= 4 is 11.6 Å². The van der Waals surface area contributed by atoms with Crippen LogP contribution in [0.15, 0.2) is 18.2 Å². The number of fused-ring (bicyclic) bond motifs is 2. The highest BCUT2D eigenvalue weighted by atomic mass is 35.5. The van der Waals surface area contributed by atoms with E-state index in [0.29, 0.717) is 5.41 Å². The van der Waals surface area contributed by atoms with Gasteiger partial charge in [0.25, 0.3) is 0 Å². The van der Waals surface area contributed by atoms with E-state index in [0.717, 1.165) is 24.5 Å². The molecule has 1 aromatic rings. The maximum absolute atomic E-state index is 6.10. The predicted molar refractivity (Wildman–Crippen MR) is 68.2 cm³/mol. The molecular formula is C14H18ClN. The van der Waals surface area contributed by atoms with Crippen LogP contribution in [0.25, 0.3) is 0 Å². The van der Waals surface area contributed by atoms with Gasteiger partial charge < -0.3 is 5.32 Å². The monoisotopic (exact) mass is 235 g/mol. The third kappa shape index (κ3) is 1.66. The van der Waals surface area contributed by atoms with Crippen LogP contribution in [0, 0.1) is 0 Å². The summed E-state index contributed by atoms with van der Waals surface area (Å²) >= 11 is 6.10. The van der Waals surface area contributed by atoms with Gasteiger partial charge in [-0.25, -0.2) is 0 Å². The normalized spacial score (nSPS) is 23.1. The van der Waals surface area contributed by atoms with Crippen LogP contribution in [0.5, 0.6) is 0 Å². The molecule has 1 fully saturated rings. The molecule has 1 aromatic carbocycles. The summed E-state index contributed by atoms with van der Waals surface area (Å²) in [5.74, 6) is 0. The van der Waals surface area contributed by atoms with Crippen LogP contribution in [0.2, 0.25) is 5.02 Å². The molecule has 0 saturated heterocycles. The number of benzene rings is 1. The van der Waals surface area contributed by atoms with Crippen molar-refractivity contribution < 1.29 is 0 Å². The van der Waals surface area contributed by atoms with Crippen molar-refractivity contribution in [2.45, 2.75) is 37.5 Å². The molecule has 0 aromatic heterocycles. The molecule has 16 heavy (non-hydrogen) atoms. The minimum atomic E-state index is 0.413. The quantitative estimate of drug-likeness (QED) is 0.728. The van der Waals surface area contributed by atoms with Crippen LogP contribution < -0.4 is 5.32 Å². The maximum Gasteiger partial charge on any atom is 0.0408 e. The molecular weight excluding hydrogens is 218 g/mol. The molecule has 1 nitrogen and oxygen atoms in total. The summed E-state index contributed by atoms with van der Waals surface area (Å²) in [6.45, 7) is 2.25. The second-order valence-electron chi connectivity index (χ2n) is 5.22. The van der Waals surface area contributed by atoms with Crippen LogP contribution in [0.4, 0.5) is 0 Å². The Hall–Kier alpha value is -0.530. The number of halogens is 1. The van der Waals surface area contributed by atoms with Crippen molar-refractivity contribution in [2.75, 3.05) is 13.1 Å². The van der Waals surface area contributed by atoms with Gasteiger partial charge >= 0.3 is 0 Å². The van der Waals surface area contributed by atoms with Crippen LogP contribution in [-0.2, 0) is 11.8 Å². The van der Waals surface area contributed by atoms with Gasteiger partial charge in [0, 0.05) is 17.0 Å². The molecule has 2 heteroatoms. The van der Waals surface area contributed by atoms with E-state index in [1.807, 2.05) is 0 Å². The summed E-state index contributed by atoms with van der Waals surface area (Å²) in [5, 5.41) is 4.49. The molecule has 1 spiro atoms. The molecule has 0 bridgehead atoms. The second-order valence-corrected chi connectivity index (χ2v) is 5.65. The van der Waals surface area contributed by atoms with Gasteiger partial charge in [0.05, 0.1) is 0 Å². The number of nitrogens with one attached hydrogen (secondary N) is 1. The summed E-state index contributed by atoms with van der Waals surface area (Å²) in [6, 6.07) is 6.51. The van der Waals surface area contributed by atoms with Crippen molar-refractivity contribution in [3.8, 4) is 0 Å². The lowest BCUT2D eigenvalue weighted by molar-refractivity contribution is 0.418. The summed E-state index contributed by atoms with van der Waals surface area (Å²) in [6.07, 6.45) is 6.56. The van der Waals surface area contributed by atoms with Crippen LogP contribution in [0.3, 0.4) is 0 Å². The van der Waals surface area contributed by atoms with E-state index in [1.54, 1.807) is 5.56 Å². The van der Waals surface area contributed by atoms with E-state index in [-0.39, 0.29) is 0 Å². The lowest BCUT2D eigenvalue weighted by Gasteiger charge is -2.29. The van der Waals surface area contributed by atoms with E-state index in [9.17, 15) is 0 Å². The average molecular weight is 236 g/mol. The molecule has 1 aliphatic heterocycles. The van der Waals surface area contributed by atoms with Crippen LogP contribution >= 0.6 is 11.6 Å². The zero-order valence-electron chi connectivity index (χ0n) is 9.56.